The van der Waals surface area contributed by atoms with Crippen molar-refractivity contribution in [3.05, 3.63) is 36.8 Å². The number of aromatic hydroxyl groups is 1. The van der Waals surface area contributed by atoms with E-state index in [0.717, 1.165) is 25.7 Å². The number of benzene rings is 1. The Morgan fingerprint density at radius 3 is 1.90 bits per heavy atom. The van der Waals surface area contributed by atoms with E-state index in [-0.39, 0.29) is 24.0 Å². The molecule has 7 heteroatoms. The van der Waals surface area contributed by atoms with Gasteiger partial charge in [-0.3, -0.25) is 4.79 Å². The molecule has 0 aliphatic rings. The van der Waals surface area contributed by atoms with Gasteiger partial charge in [-0.05, 0) is 60.5 Å². The number of imidazole rings is 1. The van der Waals surface area contributed by atoms with Crippen LogP contribution >= 0.6 is 0 Å². The van der Waals surface area contributed by atoms with Crippen molar-refractivity contribution in [2.45, 2.75) is 93.5 Å². The molecule has 3 atom stereocenters. The zero-order chi connectivity index (χ0) is 29.8. The van der Waals surface area contributed by atoms with Crippen LogP contribution in [-0.4, -0.2) is 39.8 Å². The summed E-state index contributed by atoms with van der Waals surface area (Å²) in [5.74, 6) is 1.62. The second-order valence-corrected chi connectivity index (χ2v) is 12.7. The summed E-state index contributed by atoms with van der Waals surface area (Å²) in [6, 6.07) is 5.98. The van der Waals surface area contributed by atoms with E-state index >= 15 is 0 Å². The predicted octanol–water partition coefficient (Wildman–Crippen LogP) is 7.69. The molecule has 0 fully saturated rings. The van der Waals surface area contributed by atoms with Gasteiger partial charge in [-0.25, -0.2) is 9.78 Å². The largest absolute Gasteiger partial charge is 0.507 e. The van der Waals surface area contributed by atoms with Gasteiger partial charge in [0.25, 0.3) is 0 Å². The number of carbonyl (C=O) groups excluding carboxylic acids is 2. The summed E-state index contributed by atoms with van der Waals surface area (Å²) in [7, 11) is 0. The van der Waals surface area contributed by atoms with Gasteiger partial charge < -0.3 is 19.1 Å². The summed E-state index contributed by atoms with van der Waals surface area (Å²) in [6.45, 7) is 18.0. The van der Waals surface area contributed by atoms with Gasteiger partial charge in [0.1, 0.15) is 11.8 Å². The van der Waals surface area contributed by atoms with Crippen LogP contribution < -0.4 is 0 Å². The fraction of sp³-hybridized carbons (Fsp3) is 0.667. The summed E-state index contributed by atoms with van der Waals surface area (Å²) in [6.07, 6.45) is 7.15. The second-order valence-electron chi connectivity index (χ2n) is 12.7. The molecule has 0 saturated heterocycles. The summed E-state index contributed by atoms with van der Waals surface area (Å²) in [4.78, 5) is 30.9. The number of aromatic nitrogens is 2. The zero-order valence-corrected chi connectivity index (χ0v) is 25.9. The van der Waals surface area contributed by atoms with E-state index in [1.54, 1.807) is 29.0 Å². The Kier molecular flexibility index (Phi) is 13.7. The average molecular weight is 557 g/mol. The normalized spacial score (nSPS) is 14.1. The number of para-hydroxylation sites is 1. The van der Waals surface area contributed by atoms with E-state index < -0.39 is 18.0 Å². The molecular formula is C33H52N2O5. The maximum Gasteiger partial charge on any atom is 0.329 e. The van der Waals surface area contributed by atoms with E-state index in [2.05, 4.69) is 60.4 Å². The Balaban J connectivity index is 2.19. The van der Waals surface area contributed by atoms with Gasteiger partial charge in [0.05, 0.1) is 31.7 Å². The minimum absolute atomic E-state index is 0.0948. The number of ether oxygens (including phenoxy) is 2. The summed E-state index contributed by atoms with van der Waals surface area (Å²) >= 11 is 0. The Bertz CT molecular complexity index is 1040. The van der Waals surface area contributed by atoms with Gasteiger partial charge in [-0.1, -0.05) is 80.4 Å². The van der Waals surface area contributed by atoms with E-state index in [1.807, 2.05) is 6.07 Å². The van der Waals surface area contributed by atoms with Crippen LogP contribution in [0.2, 0.25) is 0 Å². The van der Waals surface area contributed by atoms with Gasteiger partial charge in [0.2, 0.25) is 0 Å². The summed E-state index contributed by atoms with van der Waals surface area (Å²) < 4.78 is 13.2. The van der Waals surface area contributed by atoms with Crippen LogP contribution in [0.5, 0.6) is 5.75 Å². The van der Waals surface area contributed by atoms with Crippen LogP contribution in [0.3, 0.4) is 0 Å². The Hall–Kier alpha value is -2.83. The van der Waals surface area contributed by atoms with Gasteiger partial charge in [0.15, 0.2) is 0 Å². The molecule has 7 nitrogen and oxygen atoms in total. The number of phenolic OH excluding ortho intramolecular Hbond substituents is 1. The van der Waals surface area contributed by atoms with Crippen molar-refractivity contribution in [3.8, 4) is 17.0 Å². The summed E-state index contributed by atoms with van der Waals surface area (Å²) in [5.41, 5.74) is 1.06. The third-order valence-electron chi connectivity index (χ3n) is 7.79. The molecule has 2 rings (SSSR count). The smallest absolute Gasteiger partial charge is 0.329 e. The van der Waals surface area contributed by atoms with E-state index in [9.17, 15) is 14.7 Å². The first-order valence-electron chi connectivity index (χ1n) is 15.0. The van der Waals surface area contributed by atoms with Crippen molar-refractivity contribution in [3.63, 3.8) is 0 Å². The molecule has 3 unspecified atom stereocenters. The topological polar surface area (TPSA) is 90.7 Å². The van der Waals surface area contributed by atoms with Crippen LogP contribution in [0, 0.1) is 35.5 Å². The monoisotopic (exact) mass is 556 g/mol. The number of carbonyl (C=O) groups is 2. The third kappa shape index (κ3) is 11.0. The van der Waals surface area contributed by atoms with Crippen molar-refractivity contribution in [2.24, 2.45) is 35.5 Å². The van der Waals surface area contributed by atoms with Gasteiger partial charge >= 0.3 is 11.9 Å². The van der Waals surface area contributed by atoms with Crippen molar-refractivity contribution in [1.29, 1.82) is 0 Å². The summed E-state index contributed by atoms with van der Waals surface area (Å²) in [5, 5.41) is 10.3. The molecule has 0 aliphatic heterocycles. The molecule has 2 aromatic rings. The van der Waals surface area contributed by atoms with Crippen molar-refractivity contribution >= 4 is 11.9 Å². The molecule has 0 amide bonds. The number of phenols is 1. The Morgan fingerprint density at radius 1 is 0.825 bits per heavy atom. The minimum atomic E-state index is -0.911. The number of hydrogen-bond acceptors (Lipinski definition) is 6. The molecule has 0 spiro atoms. The second kappa shape index (κ2) is 16.4. The van der Waals surface area contributed by atoms with Gasteiger partial charge in [-0.15, -0.1) is 0 Å². The van der Waals surface area contributed by atoms with E-state index in [1.165, 1.54) is 6.33 Å². The van der Waals surface area contributed by atoms with Crippen molar-refractivity contribution < 1.29 is 24.2 Å². The molecule has 40 heavy (non-hydrogen) atoms. The molecule has 0 saturated carbocycles. The molecule has 0 bridgehead atoms. The van der Waals surface area contributed by atoms with Crippen molar-refractivity contribution in [2.75, 3.05) is 13.2 Å². The fourth-order valence-electron chi connectivity index (χ4n) is 4.66. The molecule has 1 N–H and O–H groups in total. The SMILES string of the molecule is CC(C)CCC(COC(=O)CC(C(=O)OCC(CCC(C)C)C(C)C)n1cnc(-c2ccccc2O)c1)C(C)C. The Labute approximate surface area is 241 Å². The van der Waals surface area contributed by atoms with Crippen molar-refractivity contribution in [1.82, 2.24) is 9.55 Å². The molecule has 1 aromatic heterocycles. The molecule has 0 aliphatic carbocycles. The highest BCUT2D eigenvalue weighted by Gasteiger charge is 2.29. The predicted molar refractivity (Wildman–Crippen MR) is 160 cm³/mol. The molecule has 0 radical (unpaired) electrons. The van der Waals surface area contributed by atoms with E-state index in [0.29, 0.717) is 48.1 Å². The molecule has 1 aromatic carbocycles. The number of esters is 2. The van der Waals surface area contributed by atoms with Crippen LogP contribution in [0.15, 0.2) is 36.8 Å². The number of hydrogen-bond donors (Lipinski definition) is 1. The highest BCUT2D eigenvalue weighted by atomic mass is 16.5. The number of nitrogens with zero attached hydrogens (tertiary/aromatic N) is 2. The lowest BCUT2D eigenvalue weighted by atomic mass is 9.89. The quantitative estimate of drug-likeness (QED) is 0.201. The third-order valence-corrected chi connectivity index (χ3v) is 7.79. The molecule has 224 valence electrons. The van der Waals surface area contributed by atoms with Gasteiger partial charge in [-0.2, -0.15) is 0 Å². The average Bonchev–Trinajstić information content (AvgIpc) is 3.36. The lowest BCUT2D eigenvalue weighted by Gasteiger charge is -2.24. The van der Waals surface area contributed by atoms with Crippen LogP contribution in [0.4, 0.5) is 0 Å². The molecule has 1 heterocycles. The van der Waals surface area contributed by atoms with Crippen LogP contribution in [0.25, 0.3) is 11.3 Å². The minimum Gasteiger partial charge on any atom is -0.507 e. The zero-order valence-electron chi connectivity index (χ0n) is 25.9. The standard InChI is InChI=1S/C33H52N2O5/c1-22(2)13-15-26(24(5)6)19-39-32(37)17-30(33(38)40-20-27(25(7)8)16-14-23(3)4)35-18-29(34-21-35)28-11-9-10-12-31(28)36/h9-12,18,21-27,30,36H,13-17,19-20H2,1-8H3. The van der Waals surface area contributed by atoms with Gasteiger partial charge in [0, 0.05) is 11.8 Å². The van der Waals surface area contributed by atoms with Crippen LogP contribution in [0.1, 0.15) is 93.5 Å². The highest BCUT2D eigenvalue weighted by molar-refractivity contribution is 5.81. The maximum absolute atomic E-state index is 13.5. The van der Waals surface area contributed by atoms with E-state index in [4.69, 9.17) is 9.47 Å². The lowest BCUT2D eigenvalue weighted by molar-refractivity contribution is -0.156. The number of rotatable bonds is 17. The maximum atomic E-state index is 13.5. The Morgan fingerprint density at radius 2 is 1.38 bits per heavy atom. The highest BCUT2D eigenvalue weighted by Crippen LogP contribution is 2.29. The van der Waals surface area contributed by atoms with Crippen LogP contribution in [-0.2, 0) is 19.1 Å². The first-order chi connectivity index (χ1) is 18.9. The molecular weight excluding hydrogens is 504 g/mol. The fourth-order valence-corrected chi connectivity index (χ4v) is 4.66. The lowest BCUT2D eigenvalue weighted by Crippen LogP contribution is -2.28. The first-order valence-corrected chi connectivity index (χ1v) is 15.0. The first kappa shape index (κ1) is 33.4.